The maximum absolute atomic E-state index is 12.2. The fourth-order valence-corrected chi connectivity index (χ4v) is 2.55. The van der Waals surface area contributed by atoms with Crippen molar-refractivity contribution in [3.05, 3.63) is 24.8 Å². The zero-order valence-electron chi connectivity index (χ0n) is 11.1. The highest BCUT2D eigenvalue weighted by Crippen LogP contribution is 2.24. The van der Waals surface area contributed by atoms with Crippen LogP contribution in [0.15, 0.2) is 19.0 Å². The summed E-state index contributed by atoms with van der Waals surface area (Å²) in [5.41, 5.74) is 0. The average Bonchev–Trinajstić information content (AvgIpc) is 3.18. The molecule has 8 nitrogen and oxygen atoms in total. The van der Waals surface area contributed by atoms with Crippen molar-refractivity contribution >= 4 is 5.91 Å². The first kappa shape index (κ1) is 12.8. The van der Waals surface area contributed by atoms with Crippen LogP contribution in [0, 0.1) is 0 Å². The molecule has 2 aromatic heterocycles. The maximum atomic E-state index is 12.2. The molecule has 3 heterocycles. The van der Waals surface area contributed by atoms with Crippen molar-refractivity contribution in [3.8, 4) is 0 Å². The molecule has 8 heteroatoms. The molecule has 1 fully saturated rings. The van der Waals surface area contributed by atoms with Gasteiger partial charge in [0.05, 0.1) is 6.54 Å². The number of hydrogen-bond donors (Lipinski definition) is 1. The normalized spacial score (nSPS) is 19.2. The van der Waals surface area contributed by atoms with Gasteiger partial charge in [0.1, 0.15) is 24.8 Å². The Bertz CT molecular complexity index is 536. The van der Waals surface area contributed by atoms with E-state index in [0.29, 0.717) is 19.5 Å². The lowest BCUT2D eigenvalue weighted by molar-refractivity contribution is -0.132. The molecular weight excluding hydrogens is 258 g/mol. The molecule has 0 spiro atoms. The van der Waals surface area contributed by atoms with E-state index in [1.54, 1.807) is 11.0 Å². The smallest absolute Gasteiger partial charge is 0.224 e. The number of nitrogens with one attached hydrogen (secondary N) is 1. The van der Waals surface area contributed by atoms with E-state index in [9.17, 15) is 4.79 Å². The SMILES string of the molecule is O=C(CCn1cncn1)N1CCC[C@H](c2ncn[nH]2)C1. The fraction of sp³-hybridized carbons (Fsp3) is 0.583. The van der Waals surface area contributed by atoms with E-state index in [1.807, 2.05) is 4.90 Å². The van der Waals surface area contributed by atoms with Gasteiger partial charge in [-0.3, -0.25) is 14.6 Å². The van der Waals surface area contributed by atoms with E-state index in [1.165, 1.54) is 12.7 Å². The standard InChI is InChI=1S/C12H17N7O/c20-11(3-5-19-9-13-7-16-19)18-4-1-2-10(6-18)12-14-8-15-17-12/h7-10H,1-6H2,(H,14,15,17)/t10-/m0/s1. The summed E-state index contributed by atoms with van der Waals surface area (Å²) < 4.78 is 1.68. The summed E-state index contributed by atoms with van der Waals surface area (Å²) in [5.74, 6) is 1.30. The summed E-state index contributed by atoms with van der Waals surface area (Å²) in [4.78, 5) is 22.2. The second kappa shape index (κ2) is 5.81. The topological polar surface area (TPSA) is 92.6 Å². The Balaban J connectivity index is 1.55. The van der Waals surface area contributed by atoms with Crippen molar-refractivity contribution in [2.45, 2.75) is 31.7 Å². The van der Waals surface area contributed by atoms with Crippen LogP contribution in [0.5, 0.6) is 0 Å². The third kappa shape index (κ3) is 2.84. The molecule has 20 heavy (non-hydrogen) atoms. The summed E-state index contributed by atoms with van der Waals surface area (Å²) in [6, 6.07) is 0. The van der Waals surface area contributed by atoms with Gasteiger partial charge in [-0.2, -0.15) is 10.2 Å². The molecule has 0 aliphatic carbocycles. The predicted octanol–water partition coefficient (Wildman–Crippen LogP) is 0.192. The van der Waals surface area contributed by atoms with Gasteiger partial charge in [-0.05, 0) is 12.8 Å². The van der Waals surface area contributed by atoms with Gasteiger partial charge >= 0.3 is 0 Å². The van der Waals surface area contributed by atoms with E-state index in [4.69, 9.17) is 0 Å². The monoisotopic (exact) mass is 275 g/mol. The minimum atomic E-state index is 0.157. The van der Waals surface area contributed by atoms with Gasteiger partial charge in [-0.25, -0.2) is 9.97 Å². The number of nitrogens with zero attached hydrogens (tertiary/aromatic N) is 6. The van der Waals surface area contributed by atoms with Gasteiger partial charge in [-0.15, -0.1) is 0 Å². The number of H-pyrrole nitrogens is 1. The summed E-state index contributed by atoms with van der Waals surface area (Å²) in [5, 5.41) is 10.8. The molecule has 3 rings (SSSR count). The summed E-state index contributed by atoms with van der Waals surface area (Å²) in [7, 11) is 0. The third-order valence-electron chi connectivity index (χ3n) is 3.62. The molecule has 1 amide bonds. The number of likely N-dealkylation sites (tertiary alicyclic amines) is 1. The van der Waals surface area contributed by atoms with E-state index in [2.05, 4.69) is 25.3 Å². The van der Waals surface area contributed by atoms with Crippen LogP contribution in [0.1, 0.15) is 31.0 Å². The molecule has 106 valence electrons. The Morgan fingerprint density at radius 2 is 2.40 bits per heavy atom. The number of aryl methyl sites for hydroxylation is 1. The number of rotatable bonds is 4. The van der Waals surface area contributed by atoms with Gasteiger partial charge < -0.3 is 4.90 Å². The van der Waals surface area contributed by atoms with E-state index in [0.717, 1.165) is 25.2 Å². The predicted molar refractivity (Wildman–Crippen MR) is 69.6 cm³/mol. The summed E-state index contributed by atoms with van der Waals surface area (Å²) in [6.07, 6.45) is 7.11. The molecule has 1 aliphatic rings. The van der Waals surface area contributed by atoms with Crippen LogP contribution in [-0.2, 0) is 11.3 Å². The van der Waals surface area contributed by atoms with Crippen molar-refractivity contribution in [3.63, 3.8) is 0 Å². The van der Waals surface area contributed by atoms with Crippen LogP contribution in [-0.4, -0.2) is 53.8 Å². The lowest BCUT2D eigenvalue weighted by Crippen LogP contribution is -2.39. The highest BCUT2D eigenvalue weighted by Gasteiger charge is 2.26. The van der Waals surface area contributed by atoms with Crippen LogP contribution in [0.2, 0.25) is 0 Å². The summed E-state index contributed by atoms with van der Waals surface area (Å²) in [6.45, 7) is 2.11. The van der Waals surface area contributed by atoms with Crippen LogP contribution in [0.4, 0.5) is 0 Å². The van der Waals surface area contributed by atoms with Crippen LogP contribution >= 0.6 is 0 Å². The molecule has 2 aromatic rings. The first-order valence-electron chi connectivity index (χ1n) is 6.78. The largest absolute Gasteiger partial charge is 0.342 e. The quantitative estimate of drug-likeness (QED) is 0.860. The minimum absolute atomic E-state index is 0.157. The molecule has 1 saturated heterocycles. The zero-order chi connectivity index (χ0) is 13.8. The Labute approximate surface area is 116 Å². The Morgan fingerprint density at radius 3 is 3.15 bits per heavy atom. The minimum Gasteiger partial charge on any atom is -0.342 e. The Hall–Kier alpha value is -2.25. The van der Waals surface area contributed by atoms with Gasteiger partial charge in [0.15, 0.2) is 0 Å². The van der Waals surface area contributed by atoms with Crippen molar-refractivity contribution in [2.75, 3.05) is 13.1 Å². The number of hydrogen-bond acceptors (Lipinski definition) is 5. The first-order chi connectivity index (χ1) is 9.83. The van der Waals surface area contributed by atoms with Crippen molar-refractivity contribution < 1.29 is 4.79 Å². The average molecular weight is 275 g/mol. The fourth-order valence-electron chi connectivity index (χ4n) is 2.55. The van der Waals surface area contributed by atoms with Gasteiger partial charge in [0.2, 0.25) is 5.91 Å². The van der Waals surface area contributed by atoms with Gasteiger partial charge in [-0.1, -0.05) is 0 Å². The Kier molecular flexibility index (Phi) is 3.71. The molecule has 0 saturated carbocycles. The number of aromatic nitrogens is 6. The molecule has 1 N–H and O–H groups in total. The van der Waals surface area contributed by atoms with Crippen molar-refractivity contribution in [1.82, 2.24) is 34.8 Å². The number of aromatic amines is 1. The van der Waals surface area contributed by atoms with Crippen molar-refractivity contribution in [1.29, 1.82) is 0 Å². The maximum Gasteiger partial charge on any atom is 0.224 e. The zero-order valence-corrected chi connectivity index (χ0v) is 11.1. The van der Waals surface area contributed by atoms with E-state index in [-0.39, 0.29) is 11.8 Å². The van der Waals surface area contributed by atoms with Crippen LogP contribution in [0.3, 0.4) is 0 Å². The number of carbonyl (C=O) groups is 1. The van der Waals surface area contributed by atoms with E-state index < -0.39 is 0 Å². The van der Waals surface area contributed by atoms with Crippen LogP contribution < -0.4 is 0 Å². The second-order valence-electron chi connectivity index (χ2n) is 4.96. The molecule has 0 unspecified atom stereocenters. The molecule has 1 atom stereocenters. The van der Waals surface area contributed by atoms with Gasteiger partial charge in [0.25, 0.3) is 0 Å². The number of carbonyl (C=O) groups excluding carboxylic acids is 1. The lowest BCUT2D eigenvalue weighted by Gasteiger charge is -2.31. The highest BCUT2D eigenvalue weighted by molar-refractivity contribution is 5.76. The van der Waals surface area contributed by atoms with Gasteiger partial charge in [0, 0.05) is 25.4 Å². The third-order valence-corrected chi connectivity index (χ3v) is 3.62. The number of amides is 1. The lowest BCUT2D eigenvalue weighted by atomic mass is 9.97. The molecule has 1 aliphatic heterocycles. The van der Waals surface area contributed by atoms with E-state index >= 15 is 0 Å². The first-order valence-corrected chi connectivity index (χ1v) is 6.78. The number of piperidine rings is 1. The second-order valence-corrected chi connectivity index (χ2v) is 4.96. The summed E-state index contributed by atoms with van der Waals surface area (Å²) >= 11 is 0. The molecule has 0 bridgehead atoms. The van der Waals surface area contributed by atoms with Crippen LogP contribution in [0.25, 0.3) is 0 Å². The highest BCUT2D eigenvalue weighted by atomic mass is 16.2. The van der Waals surface area contributed by atoms with Crippen molar-refractivity contribution in [2.24, 2.45) is 0 Å². The Morgan fingerprint density at radius 1 is 1.45 bits per heavy atom. The molecular formula is C12H17N7O. The molecule has 0 radical (unpaired) electrons. The molecule has 0 aromatic carbocycles.